The average Bonchev–Trinajstić information content (AvgIpc) is 3.30. The van der Waals surface area contributed by atoms with Crippen LogP contribution >= 0.6 is 0 Å². The van der Waals surface area contributed by atoms with E-state index >= 15 is 0 Å². The number of carbonyl (C=O) groups excluding carboxylic acids is 6. The first-order chi connectivity index (χ1) is 36.0. The summed E-state index contributed by atoms with van der Waals surface area (Å²) in [4.78, 5) is 156. The quantitative estimate of drug-likeness (QED) is 0.0357. The molecular formula is C45H65F3N10O19. The third-order valence-electron chi connectivity index (χ3n) is 11.2. The molecule has 0 aliphatic carbocycles. The van der Waals surface area contributed by atoms with E-state index in [1.54, 1.807) is 19.6 Å². The average molecular weight is 1110 g/mol. The van der Waals surface area contributed by atoms with Crippen molar-refractivity contribution in [2.45, 2.75) is 83.0 Å². The SMILES string of the molecule is CC(C)C(NC(=O)C(CCC(=O)O)NC(=O)C(CC(=O)O)NC(=O)CCNC(=O)CN1CCN(CC(=O)O)CCN(CC(=O)O)CCN(CC(=O)O)CC1)C(=O)NC(CC(=O)O)C(=O)NCc1ccc(OC(F)(F)F)cc1. The Balaban J connectivity index is 2.14. The fourth-order valence-corrected chi connectivity index (χ4v) is 7.37. The van der Waals surface area contributed by atoms with Crippen molar-refractivity contribution in [2.24, 2.45) is 5.92 Å². The first kappa shape index (κ1) is 65.4. The van der Waals surface area contributed by atoms with Crippen LogP contribution in [-0.4, -0.2) is 237 Å². The summed E-state index contributed by atoms with van der Waals surface area (Å²) in [6.07, 6.45) is -8.97. The van der Waals surface area contributed by atoms with Crippen LogP contribution in [0.1, 0.15) is 51.5 Å². The second kappa shape index (κ2) is 32.7. The van der Waals surface area contributed by atoms with Crippen molar-refractivity contribution in [3.63, 3.8) is 0 Å². The first-order valence-electron chi connectivity index (χ1n) is 23.8. The number of alkyl halides is 3. The molecule has 1 fully saturated rings. The van der Waals surface area contributed by atoms with E-state index < -0.39 is 159 Å². The molecule has 1 heterocycles. The van der Waals surface area contributed by atoms with Gasteiger partial charge in [-0.15, -0.1) is 13.2 Å². The summed E-state index contributed by atoms with van der Waals surface area (Å²) >= 11 is 0. The lowest BCUT2D eigenvalue weighted by molar-refractivity contribution is -0.274. The molecule has 0 bridgehead atoms. The largest absolute Gasteiger partial charge is 0.573 e. The highest BCUT2D eigenvalue weighted by Crippen LogP contribution is 2.23. The molecular weight excluding hydrogens is 1040 g/mol. The zero-order valence-corrected chi connectivity index (χ0v) is 42.0. The van der Waals surface area contributed by atoms with Gasteiger partial charge < -0.3 is 67.3 Å². The van der Waals surface area contributed by atoms with Gasteiger partial charge in [0.05, 0.1) is 39.0 Å². The predicted molar refractivity (Wildman–Crippen MR) is 255 cm³/mol. The minimum absolute atomic E-state index is 0.105. The molecule has 6 amide bonds. The van der Waals surface area contributed by atoms with Crippen LogP contribution in [0.5, 0.6) is 5.75 Å². The first-order valence-corrected chi connectivity index (χ1v) is 23.8. The van der Waals surface area contributed by atoms with Crippen molar-refractivity contribution in [3.05, 3.63) is 29.8 Å². The van der Waals surface area contributed by atoms with Crippen LogP contribution in [0, 0.1) is 5.92 Å². The van der Waals surface area contributed by atoms with Crippen LogP contribution in [0.25, 0.3) is 0 Å². The molecule has 4 atom stereocenters. The summed E-state index contributed by atoms with van der Waals surface area (Å²) in [5.74, 6) is -15.7. The number of aliphatic carboxylic acids is 6. The standard InChI is InChI=1S/C45H65F3N10O19/c1-26(2)40(44(76)53-30(19-35(63)64)41(73)50-21-27-3-5-28(6-4-27)77-45(46,47)48)54-42(74)29(7-8-34(61)62)52-43(75)31(20-36(65)66)51-32(59)9-10-49-33(60)22-55-11-13-56(23-37(67)68)15-17-58(25-39(71)72)18-16-57(14-12-55)24-38(69)70/h3-6,26,29-31,40H,7-25H2,1-2H3,(H,49,60)(H,50,73)(H,51,59)(H,52,75)(H,53,76)(H,54,74)(H,61,62)(H,63,64)(H,65,66)(H,67,68)(H,69,70)(H,71,72). The molecule has 1 aliphatic rings. The lowest BCUT2D eigenvalue weighted by Crippen LogP contribution is -2.59. The van der Waals surface area contributed by atoms with Gasteiger partial charge in [0, 0.05) is 78.3 Å². The molecule has 29 nitrogen and oxygen atoms in total. The Morgan fingerprint density at radius 3 is 1.35 bits per heavy atom. The number of halogens is 3. The third kappa shape index (κ3) is 28.1. The number of nitrogens with zero attached hydrogens (tertiary/aromatic N) is 4. The highest BCUT2D eigenvalue weighted by atomic mass is 19.4. The molecule has 0 spiro atoms. The highest BCUT2D eigenvalue weighted by molar-refractivity contribution is 5.97. The van der Waals surface area contributed by atoms with Crippen molar-refractivity contribution in [2.75, 3.05) is 85.1 Å². The van der Waals surface area contributed by atoms with E-state index in [1.807, 2.05) is 0 Å². The van der Waals surface area contributed by atoms with E-state index in [0.717, 1.165) is 12.1 Å². The summed E-state index contributed by atoms with van der Waals surface area (Å²) in [7, 11) is 0. The van der Waals surface area contributed by atoms with Gasteiger partial charge in [0.2, 0.25) is 35.4 Å². The molecule has 1 aromatic rings. The van der Waals surface area contributed by atoms with Gasteiger partial charge in [0.1, 0.15) is 29.9 Å². The lowest BCUT2D eigenvalue weighted by atomic mass is 10.0. The number of ether oxygens (including phenoxy) is 1. The maximum Gasteiger partial charge on any atom is 0.573 e. The zero-order valence-electron chi connectivity index (χ0n) is 42.0. The number of carboxylic acids is 6. The number of carboxylic acid groups (broad SMARTS) is 6. The number of nitrogens with one attached hydrogen (secondary N) is 6. The van der Waals surface area contributed by atoms with Crippen molar-refractivity contribution >= 4 is 71.3 Å². The maximum atomic E-state index is 13.7. The Morgan fingerprint density at radius 1 is 0.506 bits per heavy atom. The normalized spacial score (nSPS) is 15.9. The molecule has 2 rings (SSSR count). The molecule has 32 heteroatoms. The monoisotopic (exact) mass is 1110 g/mol. The molecule has 0 aromatic heterocycles. The second-order valence-corrected chi connectivity index (χ2v) is 17.9. The molecule has 4 unspecified atom stereocenters. The van der Waals surface area contributed by atoms with Gasteiger partial charge in [-0.25, -0.2) is 0 Å². The maximum absolute atomic E-state index is 13.7. The van der Waals surface area contributed by atoms with Crippen LogP contribution in [0.4, 0.5) is 13.2 Å². The number of benzene rings is 1. The summed E-state index contributed by atoms with van der Waals surface area (Å²) in [5, 5.41) is 70.5. The van der Waals surface area contributed by atoms with Crippen LogP contribution in [0.15, 0.2) is 24.3 Å². The predicted octanol–water partition coefficient (Wildman–Crippen LogP) is -3.41. The Hall–Kier alpha value is -7.71. The minimum Gasteiger partial charge on any atom is -0.481 e. The van der Waals surface area contributed by atoms with E-state index in [0.29, 0.717) is 0 Å². The van der Waals surface area contributed by atoms with Gasteiger partial charge in [0.25, 0.3) is 0 Å². The smallest absolute Gasteiger partial charge is 0.481 e. The summed E-state index contributed by atoms with van der Waals surface area (Å²) in [6, 6.07) is -2.81. The van der Waals surface area contributed by atoms with Crippen molar-refractivity contribution in [1.29, 1.82) is 0 Å². The van der Waals surface area contributed by atoms with Gasteiger partial charge in [-0.3, -0.25) is 77.1 Å². The number of amides is 6. The fraction of sp³-hybridized carbons (Fsp3) is 0.600. The topological polar surface area (TPSA) is 421 Å². The minimum atomic E-state index is -4.97. The Kier molecular flexibility index (Phi) is 27.7. The molecule has 1 aromatic carbocycles. The van der Waals surface area contributed by atoms with E-state index in [2.05, 4.69) is 36.6 Å². The number of carbonyl (C=O) groups is 12. The van der Waals surface area contributed by atoms with Gasteiger partial charge in [0.15, 0.2) is 0 Å². The Morgan fingerprint density at radius 2 is 0.935 bits per heavy atom. The molecule has 0 saturated carbocycles. The summed E-state index contributed by atoms with van der Waals surface area (Å²) in [5.41, 5.74) is 0.250. The molecule has 0 radical (unpaired) electrons. The van der Waals surface area contributed by atoms with Gasteiger partial charge >= 0.3 is 42.2 Å². The van der Waals surface area contributed by atoms with Crippen LogP contribution < -0.4 is 36.6 Å². The number of rotatable bonds is 30. The molecule has 430 valence electrons. The van der Waals surface area contributed by atoms with Gasteiger partial charge in [-0.2, -0.15) is 0 Å². The van der Waals surface area contributed by atoms with Crippen LogP contribution in [0.3, 0.4) is 0 Å². The fourth-order valence-electron chi connectivity index (χ4n) is 7.37. The van der Waals surface area contributed by atoms with E-state index in [9.17, 15) is 101 Å². The Labute approximate surface area is 437 Å². The van der Waals surface area contributed by atoms with Gasteiger partial charge in [-0.1, -0.05) is 26.0 Å². The Bertz CT molecular complexity index is 2210. The van der Waals surface area contributed by atoms with Crippen LogP contribution in [-0.2, 0) is 64.1 Å². The highest BCUT2D eigenvalue weighted by Gasteiger charge is 2.35. The molecule has 1 saturated heterocycles. The van der Waals surface area contributed by atoms with E-state index in [4.69, 9.17) is 0 Å². The second-order valence-electron chi connectivity index (χ2n) is 17.9. The summed E-state index contributed by atoms with van der Waals surface area (Å²) < 4.78 is 41.4. The molecule has 77 heavy (non-hydrogen) atoms. The van der Waals surface area contributed by atoms with Crippen molar-refractivity contribution < 1.29 is 106 Å². The summed E-state index contributed by atoms with van der Waals surface area (Å²) in [6.45, 7) is 1.62. The molecule has 12 N–H and O–H groups in total. The molecule has 1 aliphatic heterocycles. The van der Waals surface area contributed by atoms with Crippen molar-refractivity contribution in [1.82, 2.24) is 51.5 Å². The van der Waals surface area contributed by atoms with E-state index in [-0.39, 0.29) is 84.1 Å². The van der Waals surface area contributed by atoms with Gasteiger partial charge in [-0.05, 0) is 30.0 Å². The third-order valence-corrected chi connectivity index (χ3v) is 11.2. The zero-order chi connectivity index (χ0) is 58.0. The van der Waals surface area contributed by atoms with E-state index in [1.165, 1.54) is 26.0 Å². The lowest BCUT2D eigenvalue weighted by Gasteiger charge is -2.32. The number of hydrogen-bond acceptors (Lipinski definition) is 17. The van der Waals surface area contributed by atoms with Crippen molar-refractivity contribution in [3.8, 4) is 5.75 Å². The van der Waals surface area contributed by atoms with Crippen LogP contribution in [0.2, 0.25) is 0 Å². The number of hydrogen-bond donors (Lipinski definition) is 12.